The van der Waals surface area contributed by atoms with Crippen LogP contribution in [0.5, 0.6) is 0 Å². The van der Waals surface area contributed by atoms with E-state index in [2.05, 4.69) is 25.9 Å². The number of nitrogen functional groups attached to an aromatic ring is 1. The number of nitrogens with two attached hydrogens (primary N) is 1. The molecule has 44 heavy (non-hydrogen) atoms. The van der Waals surface area contributed by atoms with Crippen LogP contribution in [-0.4, -0.2) is 77.5 Å². The molecular weight excluding hydrogens is 605 g/mol. The molecule has 2 amide bonds. The van der Waals surface area contributed by atoms with E-state index < -0.39 is 62.9 Å². The summed E-state index contributed by atoms with van der Waals surface area (Å²) in [5, 5.41) is 26.4. The Hall–Kier alpha value is -5.52. The summed E-state index contributed by atoms with van der Waals surface area (Å²) in [7, 11) is -5.00. The number of carbonyl (C=O) groups is 4. The zero-order valence-corrected chi connectivity index (χ0v) is 23.4. The van der Waals surface area contributed by atoms with Crippen molar-refractivity contribution in [3.05, 3.63) is 70.0 Å². The third kappa shape index (κ3) is 7.27. The van der Waals surface area contributed by atoms with Gasteiger partial charge < -0.3 is 31.9 Å². The van der Waals surface area contributed by atoms with E-state index in [9.17, 15) is 41.4 Å². The molecule has 232 valence electrons. The molecule has 2 aromatic carbocycles. The fourth-order valence-corrected chi connectivity index (χ4v) is 4.85. The summed E-state index contributed by atoms with van der Waals surface area (Å²) in [5.74, 6) is -4.16. The number of halogens is 1. The Kier molecular flexibility index (Phi) is 9.12. The van der Waals surface area contributed by atoms with E-state index in [1.165, 1.54) is 24.3 Å². The molecule has 1 aliphatic heterocycles. The summed E-state index contributed by atoms with van der Waals surface area (Å²) in [5.41, 5.74) is 5.34. The van der Waals surface area contributed by atoms with E-state index in [1.54, 1.807) is 0 Å². The zero-order chi connectivity index (χ0) is 32.2. The van der Waals surface area contributed by atoms with Gasteiger partial charge in [0.1, 0.15) is 6.04 Å². The van der Waals surface area contributed by atoms with E-state index in [0.29, 0.717) is 5.69 Å². The zero-order valence-electron chi connectivity index (χ0n) is 22.6. The largest absolute Gasteiger partial charge is 0.481 e. The van der Waals surface area contributed by atoms with Gasteiger partial charge in [-0.25, -0.2) is 4.79 Å². The third-order valence-electron chi connectivity index (χ3n) is 6.57. The van der Waals surface area contributed by atoms with Crippen molar-refractivity contribution < 1.29 is 41.7 Å². The Bertz CT molecular complexity index is 1760. The first-order chi connectivity index (χ1) is 20.7. The van der Waals surface area contributed by atoms with Crippen LogP contribution in [0.15, 0.2) is 58.2 Å². The van der Waals surface area contributed by atoms with E-state index in [4.69, 9.17) is 10.8 Å². The van der Waals surface area contributed by atoms with Gasteiger partial charge in [-0.15, -0.1) is 3.89 Å². The molecule has 0 spiro atoms. The maximum absolute atomic E-state index is 13.6. The molecule has 1 aliphatic rings. The lowest BCUT2D eigenvalue weighted by molar-refractivity contribution is -0.140. The fourth-order valence-electron chi connectivity index (χ4n) is 4.39. The number of rotatable bonds is 11. The molecule has 4 rings (SSSR count). The number of aliphatic carboxylic acids is 2. The highest BCUT2D eigenvalue weighted by Crippen LogP contribution is 2.29. The van der Waals surface area contributed by atoms with Gasteiger partial charge in [0.2, 0.25) is 5.95 Å². The number of aromatic nitrogens is 2. The molecule has 16 nitrogen and oxygen atoms in total. The highest BCUT2D eigenvalue weighted by atomic mass is 32.3. The Labute approximate surface area is 248 Å². The molecule has 18 heteroatoms. The molecule has 2 unspecified atom stereocenters. The number of carboxylic acid groups (broad SMARTS) is 2. The van der Waals surface area contributed by atoms with Crippen LogP contribution in [0, 0.1) is 0 Å². The van der Waals surface area contributed by atoms with Gasteiger partial charge in [0, 0.05) is 36.3 Å². The van der Waals surface area contributed by atoms with Crippen LogP contribution in [0.1, 0.15) is 33.6 Å². The van der Waals surface area contributed by atoms with Crippen molar-refractivity contribution in [2.45, 2.75) is 29.8 Å². The maximum atomic E-state index is 13.6. The smallest absolute Gasteiger partial charge is 0.332 e. The van der Waals surface area contributed by atoms with Crippen molar-refractivity contribution in [2.75, 3.05) is 34.4 Å². The van der Waals surface area contributed by atoms with Gasteiger partial charge in [0.05, 0.1) is 10.9 Å². The number of nitrogens with zero attached hydrogens (tertiary/aromatic N) is 2. The molecule has 0 saturated carbocycles. The average molecular weight is 632 g/mol. The van der Waals surface area contributed by atoms with Gasteiger partial charge in [-0.05, 0) is 55.0 Å². The Balaban J connectivity index is 1.52. The van der Waals surface area contributed by atoms with Crippen LogP contribution < -0.4 is 32.1 Å². The normalized spacial score (nSPS) is 14.9. The summed E-state index contributed by atoms with van der Waals surface area (Å²) in [6.45, 7) is 0.159. The molecule has 2 atom stereocenters. The second-order valence-electron chi connectivity index (χ2n) is 9.58. The molecule has 8 N–H and O–H groups in total. The molecule has 3 aromatic rings. The number of hydrogen-bond acceptors (Lipinski definition) is 11. The van der Waals surface area contributed by atoms with Crippen molar-refractivity contribution in [2.24, 2.45) is 0 Å². The van der Waals surface area contributed by atoms with Gasteiger partial charge in [-0.1, -0.05) is 0 Å². The first kappa shape index (κ1) is 31.4. The quantitative estimate of drug-likeness (QED) is 0.143. The van der Waals surface area contributed by atoms with Crippen LogP contribution >= 0.6 is 0 Å². The predicted molar refractivity (Wildman–Crippen MR) is 154 cm³/mol. The minimum atomic E-state index is -5.00. The number of nitrogens with one attached hydrogen (secondary N) is 4. The standard InChI is InChI=1S/C26H26FN7O9S/c27-44(42,43)17-7-3-14(4-8-17)24(39)34-16(12-30-21-20(34)23(38)33-26(28)32-21)11-29-15-5-1-13(2-6-15)22(37)31-18(25(40)41)9-10-19(35)36/h1-8,16,18,29H,9-12H2,(H,31,37)(H,35,36)(H,40,41)(H4,28,30,32,33,38). The molecule has 2 heterocycles. The van der Waals surface area contributed by atoms with Gasteiger partial charge in [-0.3, -0.25) is 29.1 Å². The monoisotopic (exact) mass is 631 g/mol. The minimum absolute atomic E-state index is 0.0372. The van der Waals surface area contributed by atoms with Crippen LogP contribution in [0.4, 0.5) is 27.0 Å². The molecule has 0 bridgehead atoms. The van der Waals surface area contributed by atoms with Crippen LogP contribution in [0.25, 0.3) is 0 Å². The minimum Gasteiger partial charge on any atom is -0.481 e. The summed E-state index contributed by atoms with van der Waals surface area (Å²) in [6, 6.07) is 7.80. The van der Waals surface area contributed by atoms with Gasteiger partial charge in [0.25, 0.3) is 17.4 Å². The number of anilines is 4. The molecule has 0 radical (unpaired) electrons. The number of fused-ring (bicyclic) bond motifs is 1. The van der Waals surface area contributed by atoms with Gasteiger partial charge >= 0.3 is 22.2 Å². The Morgan fingerprint density at radius 1 is 1.07 bits per heavy atom. The van der Waals surface area contributed by atoms with Crippen molar-refractivity contribution in [1.82, 2.24) is 15.3 Å². The summed E-state index contributed by atoms with van der Waals surface area (Å²) >= 11 is 0. The van der Waals surface area contributed by atoms with Crippen LogP contribution in [0.3, 0.4) is 0 Å². The number of carbonyl (C=O) groups excluding carboxylic acids is 2. The first-order valence-electron chi connectivity index (χ1n) is 12.9. The SMILES string of the molecule is Nc1nc2c(c(=O)[nH]1)N(C(=O)c1ccc(S(=O)(=O)F)cc1)C(CNc1ccc(C(=O)NC(CCC(=O)O)C(=O)O)cc1)CN2. The number of amides is 2. The molecule has 0 saturated heterocycles. The highest BCUT2D eigenvalue weighted by Gasteiger charge is 2.35. The summed E-state index contributed by atoms with van der Waals surface area (Å²) in [4.78, 5) is 68.1. The number of benzene rings is 2. The molecule has 0 fully saturated rings. The fraction of sp³-hybridized carbons (Fsp3) is 0.231. The topological polar surface area (TPSA) is 254 Å². The van der Waals surface area contributed by atoms with Crippen molar-refractivity contribution in [3.63, 3.8) is 0 Å². The second-order valence-corrected chi connectivity index (χ2v) is 10.9. The van der Waals surface area contributed by atoms with E-state index in [0.717, 1.165) is 29.2 Å². The second kappa shape index (κ2) is 12.8. The highest BCUT2D eigenvalue weighted by molar-refractivity contribution is 7.86. The third-order valence-corrected chi connectivity index (χ3v) is 7.40. The van der Waals surface area contributed by atoms with Gasteiger partial charge in [-0.2, -0.15) is 13.4 Å². The Morgan fingerprint density at radius 3 is 2.30 bits per heavy atom. The summed E-state index contributed by atoms with van der Waals surface area (Å²) in [6.07, 6.45) is -0.742. The lowest BCUT2D eigenvalue weighted by Crippen LogP contribution is -2.53. The van der Waals surface area contributed by atoms with Crippen LogP contribution in [-0.2, 0) is 19.8 Å². The van der Waals surface area contributed by atoms with E-state index in [-0.39, 0.29) is 48.1 Å². The lowest BCUT2D eigenvalue weighted by atomic mass is 10.1. The van der Waals surface area contributed by atoms with E-state index >= 15 is 0 Å². The first-order valence-corrected chi connectivity index (χ1v) is 14.2. The number of H-pyrrole nitrogens is 1. The number of aromatic amines is 1. The summed E-state index contributed by atoms with van der Waals surface area (Å²) < 4.78 is 35.8. The molecular formula is C26H26FN7O9S. The van der Waals surface area contributed by atoms with Crippen molar-refractivity contribution >= 4 is 57.1 Å². The average Bonchev–Trinajstić information content (AvgIpc) is 2.97. The Morgan fingerprint density at radius 2 is 1.70 bits per heavy atom. The van der Waals surface area contributed by atoms with Crippen molar-refractivity contribution in [1.29, 1.82) is 0 Å². The van der Waals surface area contributed by atoms with Gasteiger partial charge in [0.15, 0.2) is 11.5 Å². The molecule has 0 aliphatic carbocycles. The predicted octanol–water partition coefficient (Wildman–Crippen LogP) is 0.611. The maximum Gasteiger partial charge on any atom is 0.332 e. The molecule has 1 aromatic heterocycles. The number of carboxylic acids is 2. The lowest BCUT2D eigenvalue weighted by Gasteiger charge is -2.36. The van der Waals surface area contributed by atoms with Crippen molar-refractivity contribution in [3.8, 4) is 0 Å². The van der Waals surface area contributed by atoms with E-state index in [1.807, 2.05) is 0 Å². The number of hydrogen-bond donors (Lipinski definition) is 7. The van der Waals surface area contributed by atoms with Crippen LogP contribution in [0.2, 0.25) is 0 Å².